The van der Waals surface area contributed by atoms with Crippen molar-refractivity contribution in [3.63, 3.8) is 0 Å². The van der Waals surface area contributed by atoms with Gasteiger partial charge in [0.05, 0.1) is 10.6 Å². The van der Waals surface area contributed by atoms with Crippen LogP contribution in [-0.2, 0) is 4.79 Å². The quantitative estimate of drug-likeness (QED) is 0.535. The van der Waals surface area contributed by atoms with E-state index in [1.54, 1.807) is 42.3 Å². The Morgan fingerprint density at radius 1 is 1.17 bits per heavy atom. The number of rotatable bonds is 4. The van der Waals surface area contributed by atoms with E-state index in [4.69, 9.17) is 4.74 Å². The lowest BCUT2D eigenvalue weighted by Crippen LogP contribution is -2.35. The number of nitro benzene ring substituents is 1. The summed E-state index contributed by atoms with van der Waals surface area (Å²) in [6, 6.07) is 13.4. The molecule has 0 unspecified atom stereocenters. The third-order valence-electron chi connectivity index (χ3n) is 4.49. The molecule has 0 fully saturated rings. The summed E-state index contributed by atoms with van der Waals surface area (Å²) in [6.45, 7) is 1.84. The van der Waals surface area contributed by atoms with E-state index in [9.17, 15) is 14.9 Å². The van der Waals surface area contributed by atoms with Crippen molar-refractivity contribution in [1.82, 2.24) is 9.97 Å². The van der Waals surface area contributed by atoms with Gasteiger partial charge in [-0.1, -0.05) is 12.1 Å². The lowest BCUT2D eigenvalue weighted by molar-refractivity contribution is -0.384. The molecule has 0 saturated heterocycles. The number of fused-ring (bicyclic) bond motifs is 1. The molecule has 1 aliphatic rings. The lowest BCUT2D eigenvalue weighted by atomic mass is 10.2. The fraction of sp³-hybridized carbons (Fsp3) is 0.150. The number of nitro groups is 1. The summed E-state index contributed by atoms with van der Waals surface area (Å²) < 4.78 is 5.44. The van der Waals surface area contributed by atoms with Crippen LogP contribution in [0.4, 0.5) is 22.9 Å². The number of carbonyl (C=O) groups excluding carboxylic acids is 1. The van der Waals surface area contributed by atoms with Crippen LogP contribution in [0.2, 0.25) is 0 Å². The van der Waals surface area contributed by atoms with Crippen molar-refractivity contribution in [3.8, 4) is 17.1 Å². The standard InChI is InChI=1S/C20H17N5O4/c1-12-8-18(23-20(21-12)13-4-3-5-15(9-13)25(27)28)22-14-6-7-17-16(10-14)24(2)19(26)11-29-17/h3-10H,11H2,1-2H3,(H,21,22,23). The molecule has 2 heterocycles. The molecule has 9 nitrogen and oxygen atoms in total. The first kappa shape index (κ1) is 18.4. The molecular weight excluding hydrogens is 374 g/mol. The van der Waals surface area contributed by atoms with Gasteiger partial charge in [-0.25, -0.2) is 9.97 Å². The van der Waals surface area contributed by atoms with Crippen LogP contribution < -0.4 is 15.0 Å². The SMILES string of the molecule is Cc1cc(Nc2ccc3c(c2)N(C)C(=O)CO3)nc(-c2cccc([N+](=O)[O-])c2)n1. The molecule has 0 aliphatic carbocycles. The van der Waals surface area contributed by atoms with Gasteiger partial charge in [0, 0.05) is 42.2 Å². The average Bonchev–Trinajstić information content (AvgIpc) is 2.71. The second kappa shape index (κ2) is 7.19. The molecule has 3 aromatic rings. The number of carbonyl (C=O) groups is 1. The van der Waals surface area contributed by atoms with Gasteiger partial charge in [-0.2, -0.15) is 0 Å². The second-order valence-electron chi connectivity index (χ2n) is 6.57. The Balaban J connectivity index is 1.66. The maximum atomic E-state index is 11.9. The van der Waals surface area contributed by atoms with Crippen LogP contribution in [-0.4, -0.2) is 34.5 Å². The van der Waals surface area contributed by atoms with Gasteiger partial charge >= 0.3 is 0 Å². The number of nitrogens with zero attached hydrogens (tertiary/aromatic N) is 4. The third kappa shape index (κ3) is 3.70. The zero-order chi connectivity index (χ0) is 20.5. The largest absolute Gasteiger partial charge is 0.482 e. The molecule has 0 bridgehead atoms. The number of aryl methyl sites for hydroxylation is 1. The number of hydrogen-bond donors (Lipinski definition) is 1. The number of amides is 1. The van der Waals surface area contributed by atoms with Crippen LogP contribution in [0, 0.1) is 17.0 Å². The van der Waals surface area contributed by atoms with Crippen LogP contribution in [0.5, 0.6) is 5.75 Å². The highest BCUT2D eigenvalue weighted by atomic mass is 16.6. The van der Waals surface area contributed by atoms with Crippen molar-refractivity contribution < 1.29 is 14.5 Å². The van der Waals surface area contributed by atoms with E-state index in [0.29, 0.717) is 34.3 Å². The van der Waals surface area contributed by atoms with Crippen LogP contribution in [0.1, 0.15) is 5.69 Å². The summed E-state index contributed by atoms with van der Waals surface area (Å²) in [5.41, 5.74) is 2.62. The van der Waals surface area contributed by atoms with Crippen molar-refractivity contribution in [3.05, 3.63) is 64.3 Å². The monoisotopic (exact) mass is 391 g/mol. The third-order valence-corrected chi connectivity index (χ3v) is 4.49. The summed E-state index contributed by atoms with van der Waals surface area (Å²) in [5, 5.41) is 14.2. The van der Waals surface area contributed by atoms with Gasteiger partial charge in [-0.05, 0) is 25.1 Å². The zero-order valence-corrected chi connectivity index (χ0v) is 15.7. The summed E-state index contributed by atoms with van der Waals surface area (Å²) in [5.74, 6) is 1.42. The van der Waals surface area contributed by atoms with Crippen LogP contribution in [0.3, 0.4) is 0 Å². The highest BCUT2D eigenvalue weighted by Crippen LogP contribution is 2.34. The summed E-state index contributed by atoms with van der Waals surface area (Å²) >= 11 is 0. The Labute approximate surface area is 166 Å². The van der Waals surface area contributed by atoms with E-state index in [0.717, 1.165) is 5.69 Å². The highest BCUT2D eigenvalue weighted by molar-refractivity contribution is 5.98. The minimum absolute atomic E-state index is 0.0218. The second-order valence-corrected chi connectivity index (χ2v) is 6.57. The van der Waals surface area contributed by atoms with E-state index < -0.39 is 4.92 Å². The fourth-order valence-electron chi connectivity index (χ4n) is 3.02. The molecular formula is C20H17N5O4. The molecule has 1 amide bonds. The number of nitrogens with one attached hydrogen (secondary N) is 1. The van der Waals surface area contributed by atoms with Gasteiger partial charge in [0.1, 0.15) is 11.6 Å². The molecule has 29 heavy (non-hydrogen) atoms. The average molecular weight is 391 g/mol. The molecule has 2 aromatic carbocycles. The number of anilines is 3. The van der Waals surface area contributed by atoms with Crippen molar-refractivity contribution in [2.45, 2.75) is 6.92 Å². The number of likely N-dealkylation sites (N-methyl/N-ethyl adjacent to an activating group) is 1. The van der Waals surface area contributed by atoms with Gasteiger partial charge in [0.15, 0.2) is 12.4 Å². The first-order chi connectivity index (χ1) is 13.9. The Morgan fingerprint density at radius 2 is 2.00 bits per heavy atom. The first-order valence-electron chi connectivity index (χ1n) is 8.81. The summed E-state index contributed by atoms with van der Waals surface area (Å²) in [4.78, 5) is 32.9. The van der Waals surface area contributed by atoms with Gasteiger partial charge in [0.25, 0.3) is 11.6 Å². The van der Waals surface area contributed by atoms with Gasteiger partial charge in [-0.3, -0.25) is 14.9 Å². The maximum absolute atomic E-state index is 11.9. The lowest BCUT2D eigenvalue weighted by Gasteiger charge is -2.26. The van der Waals surface area contributed by atoms with E-state index >= 15 is 0 Å². The molecule has 1 aliphatic heterocycles. The van der Waals surface area contributed by atoms with Crippen molar-refractivity contribution >= 4 is 28.8 Å². The molecule has 1 N–H and O–H groups in total. The van der Waals surface area contributed by atoms with E-state index in [1.807, 2.05) is 13.0 Å². The molecule has 0 spiro atoms. The number of non-ortho nitro benzene ring substituents is 1. The number of benzene rings is 2. The minimum Gasteiger partial charge on any atom is -0.482 e. The number of ether oxygens (including phenoxy) is 1. The summed E-state index contributed by atoms with van der Waals surface area (Å²) in [6.07, 6.45) is 0. The molecule has 146 valence electrons. The van der Waals surface area contributed by atoms with Crippen LogP contribution >= 0.6 is 0 Å². The Kier molecular flexibility index (Phi) is 4.55. The normalized spacial score (nSPS) is 12.9. The predicted molar refractivity (Wildman–Crippen MR) is 107 cm³/mol. The molecule has 1 aromatic heterocycles. The Hall–Kier alpha value is -4.01. The number of aromatic nitrogens is 2. The topological polar surface area (TPSA) is 110 Å². The smallest absolute Gasteiger partial charge is 0.270 e. The highest BCUT2D eigenvalue weighted by Gasteiger charge is 2.22. The Morgan fingerprint density at radius 3 is 2.79 bits per heavy atom. The van der Waals surface area contributed by atoms with Gasteiger partial charge in [-0.15, -0.1) is 0 Å². The van der Waals surface area contributed by atoms with E-state index in [-0.39, 0.29) is 18.2 Å². The van der Waals surface area contributed by atoms with Gasteiger partial charge < -0.3 is 15.0 Å². The van der Waals surface area contributed by atoms with Crippen molar-refractivity contribution in [1.29, 1.82) is 0 Å². The molecule has 0 saturated carbocycles. The maximum Gasteiger partial charge on any atom is 0.270 e. The first-order valence-corrected chi connectivity index (χ1v) is 8.81. The summed E-state index contributed by atoms with van der Waals surface area (Å²) in [7, 11) is 1.70. The van der Waals surface area contributed by atoms with Crippen LogP contribution in [0.15, 0.2) is 48.5 Å². The molecule has 0 radical (unpaired) electrons. The van der Waals surface area contributed by atoms with Crippen molar-refractivity contribution in [2.75, 3.05) is 23.9 Å². The Bertz CT molecular complexity index is 1130. The van der Waals surface area contributed by atoms with E-state index in [2.05, 4.69) is 15.3 Å². The minimum atomic E-state index is -0.453. The van der Waals surface area contributed by atoms with Gasteiger partial charge in [0.2, 0.25) is 0 Å². The van der Waals surface area contributed by atoms with Crippen molar-refractivity contribution in [2.24, 2.45) is 0 Å². The predicted octanol–water partition coefficient (Wildman–Crippen LogP) is 3.46. The molecule has 4 rings (SSSR count). The molecule has 0 atom stereocenters. The zero-order valence-electron chi connectivity index (χ0n) is 15.7. The molecule has 9 heteroatoms. The fourth-order valence-corrected chi connectivity index (χ4v) is 3.02. The number of hydrogen-bond acceptors (Lipinski definition) is 7. The van der Waals surface area contributed by atoms with E-state index in [1.165, 1.54) is 12.1 Å². The van der Waals surface area contributed by atoms with Crippen LogP contribution in [0.25, 0.3) is 11.4 Å².